The number of halogens is 3. The second kappa shape index (κ2) is 5.00. The molecule has 0 spiro atoms. The smallest absolute Gasteiger partial charge is 0.402 e. The third-order valence-electron chi connectivity index (χ3n) is 1.57. The van der Waals surface area contributed by atoms with E-state index in [2.05, 4.69) is 0 Å². The van der Waals surface area contributed by atoms with Gasteiger partial charge in [0.25, 0.3) is 0 Å². The van der Waals surface area contributed by atoms with Crippen LogP contribution in [0.3, 0.4) is 0 Å². The topological polar surface area (TPSA) is 74.7 Å². The Bertz CT molecular complexity index is 349. The van der Waals surface area contributed by atoms with Crippen LogP contribution in [0.5, 0.6) is 0 Å². The lowest BCUT2D eigenvalue weighted by Gasteiger charge is -2.25. The molecular formula is C7H12F3NO4S. The zero-order valence-electron chi connectivity index (χ0n) is 8.65. The van der Waals surface area contributed by atoms with Crippen LogP contribution in [-0.4, -0.2) is 48.3 Å². The third-order valence-corrected chi connectivity index (χ3v) is 3.45. The highest BCUT2D eigenvalue weighted by Gasteiger charge is 2.38. The van der Waals surface area contributed by atoms with E-state index in [9.17, 15) is 26.4 Å². The number of carboxylic acids is 1. The molecule has 16 heavy (non-hydrogen) atoms. The Kier molecular flexibility index (Phi) is 4.74. The van der Waals surface area contributed by atoms with Crippen LogP contribution in [0.15, 0.2) is 0 Å². The number of alkyl halides is 3. The van der Waals surface area contributed by atoms with Crippen molar-refractivity contribution in [2.75, 3.05) is 12.3 Å². The molecule has 0 heterocycles. The van der Waals surface area contributed by atoms with Crippen molar-refractivity contribution in [2.24, 2.45) is 0 Å². The summed E-state index contributed by atoms with van der Waals surface area (Å²) in [7, 11) is -4.44. The van der Waals surface area contributed by atoms with Gasteiger partial charge >= 0.3 is 12.1 Å². The summed E-state index contributed by atoms with van der Waals surface area (Å²) >= 11 is 0. The molecule has 9 heteroatoms. The molecule has 0 aliphatic heterocycles. The van der Waals surface area contributed by atoms with E-state index in [1.807, 2.05) is 0 Å². The highest BCUT2D eigenvalue weighted by molar-refractivity contribution is 7.89. The number of carbonyl (C=O) groups is 1. The Morgan fingerprint density at radius 2 is 1.81 bits per heavy atom. The summed E-state index contributed by atoms with van der Waals surface area (Å²) in [5.41, 5.74) is 0. The lowest BCUT2D eigenvalue weighted by Crippen LogP contribution is -2.45. The van der Waals surface area contributed by atoms with Crippen LogP contribution in [0.4, 0.5) is 13.2 Å². The number of hydrogen-bond donors (Lipinski definition) is 1. The molecule has 0 aliphatic carbocycles. The van der Waals surface area contributed by atoms with E-state index in [0.29, 0.717) is 0 Å². The molecule has 0 fully saturated rings. The van der Waals surface area contributed by atoms with Gasteiger partial charge < -0.3 is 5.11 Å². The Hall–Kier alpha value is -0.830. The van der Waals surface area contributed by atoms with Gasteiger partial charge in [-0.05, 0) is 13.8 Å². The number of nitrogens with zero attached hydrogens (tertiary/aromatic N) is 1. The number of sulfonamides is 1. The van der Waals surface area contributed by atoms with Gasteiger partial charge in [0.05, 0.1) is 0 Å². The van der Waals surface area contributed by atoms with Gasteiger partial charge in [0.1, 0.15) is 6.54 Å². The lowest BCUT2D eigenvalue weighted by atomic mass is 10.4. The van der Waals surface area contributed by atoms with E-state index in [4.69, 9.17) is 5.11 Å². The summed E-state index contributed by atoms with van der Waals surface area (Å²) in [5, 5.41) is 8.29. The number of carboxylic acid groups (broad SMARTS) is 1. The molecule has 0 unspecified atom stereocenters. The molecule has 1 N–H and O–H groups in total. The molecule has 0 saturated heterocycles. The van der Waals surface area contributed by atoms with E-state index in [-0.39, 0.29) is 4.31 Å². The highest BCUT2D eigenvalue weighted by Crippen LogP contribution is 2.20. The van der Waals surface area contributed by atoms with Gasteiger partial charge in [0.15, 0.2) is 5.75 Å². The minimum Gasteiger partial charge on any atom is -0.480 e. The van der Waals surface area contributed by atoms with Gasteiger partial charge in [-0.15, -0.1) is 0 Å². The van der Waals surface area contributed by atoms with Crippen molar-refractivity contribution in [1.29, 1.82) is 0 Å². The summed E-state index contributed by atoms with van der Waals surface area (Å²) in [6.45, 7) is 0.802. The van der Waals surface area contributed by atoms with E-state index >= 15 is 0 Å². The van der Waals surface area contributed by atoms with Crippen molar-refractivity contribution in [2.45, 2.75) is 26.1 Å². The second-order valence-corrected chi connectivity index (χ2v) is 5.33. The van der Waals surface area contributed by atoms with Crippen molar-refractivity contribution >= 4 is 16.0 Å². The van der Waals surface area contributed by atoms with Gasteiger partial charge in [-0.2, -0.15) is 17.5 Å². The quantitative estimate of drug-likeness (QED) is 0.791. The largest absolute Gasteiger partial charge is 0.480 e. The fourth-order valence-electron chi connectivity index (χ4n) is 1.02. The second-order valence-electron chi connectivity index (χ2n) is 3.40. The van der Waals surface area contributed by atoms with Crippen molar-refractivity contribution < 1.29 is 31.5 Å². The zero-order valence-corrected chi connectivity index (χ0v) is 9.47. The van der Waals surface area contributed by atoms with E-state index in [0.717, 1.165) is 0 Å². The van der Waals surface area contributed by atoms with Crippen LogP contribution in [0, 0.1) is 0 Å². The zero-order chi connectivity index (χ0) is 13.1. The van der Waals surface area contributed by atoms with Crippen LogP contribution in [0.2, 0.25) is 0 Å². The average Bonchev–Trinajstić information content (AvgIpc) is 1.95. The summed E-state index contributed by atoms with van der Waals surface area (Å²) in [4.78, 5) is 10.2. The first-order chi connectivity index (χ1) is 6.96. The van der Waals surface area contributed by atoms with Crippen molar-refractivity contribution in [3.05, 3.63) is 0 Å². The van der Waals surface area contributed by atoms with Crippen molar-refractivity contribution in [3.63, 3.8) is 0 Å². The molecule has 0 aromatic heterocycles. The Morgan fingerprint density at radius 3 is 2.06 bits per heavy atom. The Balaban J connectivity index is 5.00. The summed E-state index contributed by atoms with van der Waals surface area (Å²) in [6.07, 6.45) is -4.70. The summed E-state index contributed by atoms with van der Waals surface area (Å²) in [5.74, 6) is -3.03. The van der Waals surface area contributed by atoms with E-state index in [1.54, 1.807) is 0 Å². The number of hydrogen-bond acceptors (Lipinski definition) is 3. The van der Waals surface area contributed by atoms with Crippen molar-refractivity contribution in [3.8, 4) is 0 Å². The maximum Gasteiger partial charge on any atom is 0.402 e. The fourth-order valence-corrected chi connectivity index (χ4v) is 2.48. The number of aliphatic carboxylic acids is 1. The average molecular weight is 263 g/mol. The molecule has 0 rings (SSSR count). The first-order valence-electron chi connectivity index (χ1n) is 4.24. The predicted octanol–water partition coefficient (Wildman–Crippen LogP) is 0.674. The van der Waals surface area contributed by atoms with E-state index < -0.39 is 40.5 Å². The molecular weight excluding hydrogens is 251 g/mol. The molecule has 0 radical (unpaired) electrons. The van der Waals surface area contributed by atoms with Crippen LogP contribution >= 0.6 is 0 Å². The molecule has 0 saturated carbocycles. The Labute approximate surface area is 90.9 Å². The molecule has 0 atom stereocenters. The van der Waals surface area contributed by atoms with Crippen LogP contribution in [0.25, 0.3) is 0 Å². The van der Waals surface area contributed by atoms with Crippen LogP contribution in [0.1, 0.15) is 13.8 Å². The van der Waals surface area contributed by atoms with Gasteiger partial charge in [0, 0.05) is 6.04 Å². The minimum atomic E-state index is -4.70. The van der Waals surface area contributed by atoms with Gasteiger partial charge in [0.2, 0.25) is 10.0 Å². The van der Waals surface area contributed by atoms with Crippen LogP contribution in [-0.2, 0) is 14.8 Å². The highest BCUT2D eigenvalue weighted by atomic mass is 32.2. The Morgan fingerprint density at radius 1 is 1.38 bits per heavy atom. The van der Waals surface area contributed by atoms with Gasteiger partial charge in [-0.25, -0.2) is 8.42 Å². The molecule has 0 amide bonds. The maximum absolute atomic E-state index is 12.1. The monoisotopic (exact) mass is 263 g/mol. The summed E-state index contributed by atoms with van der Waals surface area (Å²) in [6, 6.07) is -0.953. The summed E-state index contributed by atoms with van der Waals surface area (Å²) < 4.78 is 59.0. The fraction of sp³-hybridized carbons (Fsp3) is 0.857. The minimum absolute atomic E-state index is 0.126. The molecule has 5 nitrogen and oxygen atoms in total. The van der Waals surface area contributed by atoms with E-state index in [1.165, 1.54) is 13.8 Å². The molecule has 96 valence electrons. The normalized spacial score (nSPS) is 13.4. The lowest BCUT2D eigenvalue weighted by molar-refractivity contribution is -0.139. The van der Waals surface area contributed by atoms with Gasteiger partial charge in [-0.1, -0.05) is 0 Å². The van der Waals surface area contributed by atoms with Crippen molar-refractivity contribution in [1.82, 2.24) is 4.31 Å². The first kappa shape index (κ1) is 15.2. The number of rotatable bonds is 5. The van der Waals surface area contributed by atoms with Gasteiger partial charge in [-0.3, -0.25) is 4.79 Å². The SMILES string of the molecule is CC(C)N(CC(F)(F)F)S(=O)(=O)CC(=O)O. The maximum atomic E-state index is 12.1. The predicted molar refractivity (Wildman–Crippen MR) is 49.3 cm³/mol. The molecule has 0 aliphatic rings. The molecule has 0 bridgehead atoms. The third kappa shape index (κ3) is 5.31. The first-order valence-corrected chi connectivity index (χ1v) is 5.84. The molecule has 0 aromatic carbocycles. The molecule has 0 aromatic rings. The van der Waals surface area contributed by atoms with Crippen LogP contribution < -0.4 is 0 Å². The standard InChI is InChI=1S/C7H12F3NO4S/c1-5(2)11(4-7(8,9)10)16(14,15)3-6(12)13/h5H,3-4H2,1-2H3,(H,12,13).